The van der Waals surface area contributed by atoms with Crippen molar-refractivity contribution in [2.24, 2.45) is 0 Å². The lowest BCUT2D eigenvalue weighted by Gasteiger charge is -2.31. The van der Waals surface area contributed by atoms with E-state index in [2.05, 4.69) is 28.3 Å². The number of aryl methyl sites for hydroxylation is 1. The predicted octanol–water partition coefficient (Wildman–Crippen LogP) is 5.17. The molecule has 0 spiro atoms. The molecule has 1 fully saturated rings. The average Bonchev–Trinajstić information content (AvgIpc) is 3.42. The zero-order chi connectivity index (χ0) is 22.4. The zero-order valence-electron chi connectivity index (χ0n) is 19.0. The summed E-state index contributed by atoms with van der Waals surface area (Å²) in [6, 6.07) is 11.0. The van der Waals surface area contributed by atoms with Crippen molar-refractivity contribution in [2.45, 2.75) is 44.1 Å². The van der Waals surface area contributed by atoms with Gasteiger partial charge in [-0.1, -0.05) is 23.4 Å². The van der Waals surface area contributed by atoms with Crippen LogP contribution in [0.15, 0.2) is 40.9 Å². The molecule has 1 unspecified atom stereocenters. The number of aromatic nitrogens is 1. The first-order valence-electron chi connectivity index (χ1n) is 12.0. The highest BCUT2D eigenvalue weighted by Crippen LogP contribution is 2.42. The van der Waals surface area contributed by atoms with Crippen LogP contribution < -0.4 is 4.90 Å². The van der Waals surface area contributed by atoms with Crippen molar-refractivity contribution in [3.05, 3.63) is 59.0 Å². The number of carbonyl (C=O) groups excluding carboxylic acids is 1. The maximum Gasteiger partial charge on any atom is 0.227 e. The molecule has 180 valence electrons. The maximum absolute atomic E-state index is 13.4. The summed E-state index contributed by atoms with van der Waals surface area (Å²) in [7, 11) is 0. The number of likely N-dealkylation sites (tertiary alicyclic amines) is 1. The SMILES string of the molecule is Br.O=C1CCc2cccc3c2N1CC3OCCCN1CCC(c2noc3cc(F)ccc23)CC1. The molecule has 0 radical (unpaired) electrons. The Kier molecular flexibility index (Phi) is 6.73. The Morgan fingerprint density at radius 1 is 1.15 bits per heavy atom. The van der Waals surface area contributed by atoms with Gasteiger partial charge in [0, 0.05) is 42.5 Å². The molecule has 1 amide bonds. The Hall–Kier alpha value is -2.29. The van der Waals surface area contributed by atoms with Crippen LogP contribution in [-0.2, 0) is 16.0 Å². The Balaban J connectivity index is 0.00000241. The standard InChI is InChI=1S/C26H28FN3O3.BrH/c27-19-6-7-20-22(15-19)33-28-25(20)17-9-12-29(13-10-17)11-2-14-32-23-16-30-24(31)8-5-18-3-1-4-21(23)26(18)30;/h1,3-4,6-7,15,17,23H,2,5,8-14,16H2;1H. The summed E-state index contributed by atoms with van der Waals surface area (Å²) in [6.45, 7) is 4.36. The van der Waals surface area contributed by atoms with Crippen molar-refractivity contribution in [1.82, 2.24) is 10.1 Å². The molecule has 3 aliphatic rings. The minimum atomic E-state index is -0.296. The van der Waals surface area contributed by atoms with Crippen LogP contribution in [0.3, 0.4) is 0 Å². The van der Waals surface area contributed by atoms with Gasteiger partial charge in [0.2, 0.25) is 5.91 Å². The first-order valence-corrected chi connectivity index (χ1v) is 12.0. The second kappa shape index (κ2) is 9.76. The van der Waals surface area contributed by atoms with E-state index >= 15 is 0 Å². The predicted molar refractivity (Wildman–Crippen MR) is 133 cm³/mol. The molecule has 0 N–H and O–H groups in total. The fraction of sp³-hybridized carbons (Fsp3) is 0.462. The van der Waals surface area contributed by atoms with Crippen molar-refractivity contribution < 1.29 is 18.4 Å². The molecule has 0 bridgehead atoms. The van der Waals surface area contributed by atoms with Crippen molar-refractivity contribution >= 4 is 39.5 Å². The van der Waals surface area contributed by atoms with E-state index < -0.39 is 0 Å². The molecule has 3 aliphatic heterocycles. The van der Waals surface area contributed by atoms with Crippen LogP contribution in [0.5, 0.6) is 0 Å². The number of carbonyl (C=O) groups is 1. The van der Waals surface area contributed by atoms with E-state index in [1.54, 1.807) is 6.07 Å². The van der Waals surface area contributed by atoms with Crippen LogP contribution >= 0.6 is 17.0 Å². The van der Waals surface area contributed by atoms with Gasteiger partial charge in [0.1, 0.15) is 11.9 Å². The minimum absolute atomic E-state index is 0. The number of hydrogen-bond acceptors (Lipinski definition) is 5. The molecule has 4 heterocycles. The van der Waals surface area contributed by atoms with E-state index in [1.807, 2.05) is 4.90 Å². The summed E-state index contributed by atoms with van der Waals surface area (Å²) < 4.78 is 25.0. The van der Waals surface area contributed by atoms with Crippen LogP contribution in [0.1, 0.15) is 54.5 Å². The van der Waals surface area contributed by atoms with Gasteiger partial charge in [-0.2, -0.15) is 0 Å². The van der Waals surface area contributed by atoms with Crippen molar-refractivity contribution in [3.8, 4) is 0 Å². The number of fused-ring (bicyclic) bond motifs is 1. The molecule has 1 saturated heterocycles. The van der Waals surface area contributed by atoms with Crippen LogP contribution in [0.25, 0.3) is 11.0 Å². The second-order valence-corrected chi connectivity index (χ2v) is 9.40. The molecule has 2 aromatic carbocycles. The van der Waals surface area contributed by atoms with Crippen molar-refractivity contribution in [1.29, 1.82) is 0 Å². The third-order valence-corrected chi connectivity index (χ3v) is 7.40. The minimum Gasteiger partial charge on any atom is -0.372 e. The first-order chi connectivity index (χ1) is 16.2. The molecule has 34 heavy (non-hydrogen) atoms. The molecule has 1 atom stereocenters. The zero-order valence-corrected chi connectivity index (χ0v) is 20.8. The smallest absolute Gasteiger partial charge is 0.227 e. The normalized spacial score (nSPS) is 20.6. The molecular weight excluding hydrogens is 501 g/mol. The molecular formula is C26H29BrFN3O3. The van der Waals surface area contributed by atoms with Gasteiger partial charge in [-0.15, -0.1) is 17.0 Å². The fourth-order valence-electron chi connectivity index (χ4n) is 5.67. The Morgan fingerprint density at radius 2 is 2.00 bits per heavy atom. The largest absolute Gasteiger partial charge is 0.372 e. The molecule has 3 aromatic rings. The van der Waals surface area contributed by atoms with Crippen LogP contribution in [0, 0.1) is 5.82 Å². The lowest BCUT2D eigenvalue weighted by atomic mass is 9.91. The lowest BCUT2D eigenvalue weighted by molar-refractivity contribution is -0.119. The molecule has 1 aromatic heterocycles. The Morgan fingerprint density at radius 3 is 2.85 bits per heavy atom. The van der Waals surface area contributed by atoms with Gasteiger partial charge in [-0.25, -0.2) is 4.39 Å². The highest BCUT2D eigenvalue weighted by molar-refractivity contribution is 8.93. The topological polar surface area (TPSA) is 58.8 Å². The summed E-state index contributed by atoms with van der Waals surface area (Å²) in [5, 5.41) is 5.17. The van der Waals surface area contributed by atoms with E-state index in [-0.39, 0.29) is 34.8 Å². The molecule has 0 saturated carbocycles. The third-order valence-electron chi connectivity index (χ3n) is 7.40. The van der Waals surface area contributed by atoms with E-state index in [9.17, 15) is 9.18 Å². The van der Waals surface area contributed by atoms with Gasteiger partial charge < -0.3 is 19.1 Å². The molecule has 0 aliphatic carbocycles. The highest BCUT2D eigenvalue weighted by Gasteiger charge is 2.37. The first kappa shape index (κ1) is 23.5. The summed E-state index contributed by atoms with van der Waals surface area (Å²) in [5.74, 6) is 0.274. The number of benzene rings is 2. The number of amides is 1. The fourth-order valence-corrected chi connectivity index (χ4v) is 5.67. The number of rotatable bonds is 6. The Bertz CT molecular complexity index is 1190. The highest BCUT2D eigenvalue weighted by atomic mass is 79.9. The van der Waals surface area contributed by atoms with Gasteiger partial charge in [-0.3, -0.25) is 4.79 Å². The van der Waals surface area contributed by atoms with E-state index in [4.69, 9.17) is 9.26 Å². The summed E-state index contributed by atoms with van der Waals surface area (Å²) in [5.41, 5.74) is 5.03. The van der Waals surface area contributed by atoms with E-state index in [0.717, 1.165) is 62.1 Å². The number of piperidine rings is 1. The molecule has 8 heteroatoms. The van der Waals surface area contributed by atoms with Gasteiger partial charge in [0.05, 0.1) is 17.9 Å². The number of nitrogens with zero attached hydrogens (tertiary/aromatic N) is 3. The molecule has 6 nitrogen and oxygen atoms in total. The number of halogens is 2. The van der Waals surface area contributed by atoms with Crippen LogP contribution in [0.2, 0.25) is 0 Å². The Labute approximate surface area is 208 Å². The van der Waals surface area contributed by atoms with Crippen molar-refractivity contribution in [3.63, 3.8) is 0 Å². The van der Waals surface area contributed by atoms with E-state index in [1.165, 1.54) is 23.3 Å². The third kappa shape index (κ3) is 4.27. The van der Waals surface area contributed by atoms with E-state index in [0.29, 0.717) is 31.1 Å². The van der Waals surface area contributed by atoms with Gasteiger partial charge in [0.25, 0.3) is 0 Å². The van der Waals surface area contributed by atoms with Crippen LogP contribution in [0.4, 0.5) is 10.1 Å². The van der Waals surface area contributed by atoms with Gasteiger partial charge in [-0.05, 0) is 56.5 Å². The lowest BCUT2D eigenvalue weighted by Crippen LogP contribution is -2.34. The quantitative estimate of drug-likeness (QED) is 0.412. The van der Waals surface area contributed by atoms with Gasteiger partial charge in [0.15, 0.2) is 5.58 Å². The summed E-state index contributed by atoms with van der Waals surface area (Å²) in [6.07, 6.45) is 4.43. The monoisotopic (exact) mass is 529 g/mol. The molecule has 6 rings (SSSR count). The maximum atomic E-state index is 13.4. The summed E-state index contributed by atoms with van der Waals surface area (Å²) in [4.78, 5) is 16.7. The van der Waals surface area contributed by atoms with Gasteiger partial charge >= 0.3 is 0 Å². The number of hydrogen-bond donors (Lipinski definition) is 0. The van der Waals surface area contributed by atoms with Crippen molar-refractivity contribution in [2.75, 3.05) is 37.7 Å². The average molecular weight is 530 g/mol. The summed E-state index contributed by atoms with van der Waals surface area (Å²) >= 11 is 0. The number of para-hydroxylation sites is 1. The number of anilines is 1. The number of ether oxygens (including phenoxy) is 1. The second-order valence-electron chi connectivity index (χ2n) is 9.40. The van der Waals surface area contributed by atoms with Crippen LogP contribution in [-0.4, -0.2) is 48.7 Å².